The summed E-state index contributed by atoms with van der Waals surface area (Å²) in [7, 11) is 13.2. The standard InChI is InChI=1S/C6H7B2ClNO2S/c1-4(13(9,11)12)3-5(10-2)6(7)8/h3H,1-2H3/b4-3+,10-5?. The fraction of sp³-hybridized carbons (Fsp3) is 0.333. The van der Waals surface area contributed by atoms with Crippen LogP contribution in [0.4, 0.5) is 0 Å². The number of allylic oxidation sites excluding steroid dienone is 2. The van der Waals surface area contributed by atoms with Crippen LogP contribution in [0.15, 0.2) is 16.0 Å². The van der Waals surface area contributed by atoms with Crippen molar-refractivity contribution < 1.29 is 8.42 Å². The Hall–Kier alpha value is -0.350. The number of rotatable bonds is 3. The van der Waals surface area contributed by atoms with Crippen molar-refractivity contribution in [2.45, 2.75) is 6.92 Å². The Kier molecular flexibility index (Phi) is 4.64. The fourth-order valence-corrected chi connectivity index (χ4v) is 0.926. The molecule has 0 fully saturated rings. The van der Waals surface area contributed by atoms with E-state index in [1.807, 2.05) is 0 Å². The maximum atomic E-state index is 10.8. The molecule has 3 radical (unpaired) electrons. The Labute approximate surface area is 84.8 Å². The first kappa shape index (κ1) is 12.6. The van der Waals surface area contributed by atoms with E-state index in [1.54, 1.807) is 0 Å². The van der Waals surface area contributed by atoms with E-state index in [0.717, 1.165) is 0 Å². The van der Waals surface area contributed by atoms with Crippen molar-refractivity contribution in [2.24, 2.45) is 4.99 Å². The van der Waals surface area contributed by atoms with Gasteiger partial charge in [0.25, 0.3) is 0 Å². The third-order valence-corrected chi connectivity index (χ3v) is 2.88. The number of hydrogen-bond donors (Lipinski definition) is 0. The van der Waals surface area contributed by atoms with Gasteiger partial charge < -0.3 is 0 Å². The van der Waals surface area contributed by atoms with Gasteiger partial charge in [-0.25, -0.2) is 0 Å². The molecular formula is C6H7B2ClNO2S. The molecule has 0 aliphatic carbocycles. The van der Waals surface area contributed by atoms with Crippen LogP contribution in [0.25, 0.3) is 0 Å². The van der Waals surface area contributed by atoms with Crippen molar-refractivity contribution in [2.75, 3.05) is 7.05 Å². The van der Waals surface area contributed by atoms with E-state index >= 15 is 0 Å². The zero-order chi connectivity index (χ0) is 10.6. The molecule has 7 heteroatoms. The second kappa shape index (κ2) is 4.77. The SMILES string of the molecule is [B]C(=[B])C(/C=C(\C)S(=O)(=O)Cl)=NC. The van der Waals surface area contributed by atoms with Gasteiger partial charge >= 0.3 is 84.5 Å². The molecule has 0 heterocycles. The topological polar surface area (TPSA) is 46.5 Å². The maximum absolute atomic E-state index is 10.8. The summed E-state index contributed by atoms with van der Waals surface area (Å²) in [6.45, 7) is 1.33. The molecule has 67 valence electrons. The summed E-state index contributed by atoms with van der Waals surface area (Å²) in [6, 6.07) is 0. The van der Waals surface area contributed by atoms with E-state index < -0.39 is 9.05 Å². The third kappa shape index (κ3) is 4.43. The molecule has 3 nitrogen and oxygen atoms in total. The van der Waals surface area contributed by atoms with Crippen LogP contribution in [-0.2, 0) is 9.05 Å². The molecule has 0 rings (SSSR count). The van der Waals surface area contributed by atoms with Crippen molar-refractivity contribution in [1.29, 1.82) is 0 Å². The van der Waals surface area contributed by atoms with Crippen LogP contribution in [0, 0.1) is 0 Å². The summed E-state index contributed by atoms with van der Waals surface area (Å²) in [5.41, 5.74) is 0.196. The Morgan fingerprint density at radius 2 is 2.00 bits per heavy atom. The van der Waals surface area contributed by atoms with Gasteiger partial charge in [0.15, 0.2) is 0 Å². The summed E-state index contributed by atoms with van der Waals surface area (Å²) in [5, 5.41) is -0.0535. The van der Waals surface area contributed by atoms with E-state index in [9.17, 15) is 8.42 Å². The van der Waals surface area contributed by atoms with Gasteiger partial charge in [-0.2, -0.15) is 0 Å². The van der Waals surface area contributed by atoms with Crippen LogP contribution in [0.3, 0.4) is 0 Å². The first-order chi connectivity index (χ1) is 5.79. The Balaban J connectivity index is 5.08. The quantitative estimate of drug-likeness (QED) is 0.377. The predicted octanol–water partition coefficient (Wildman–Crippen LogP) is -0.00350. The molecule has 0 atom stereocenters. The summed E-state index contributed by atoms with van der Waals surface area (Å²) >= 11 is 0. The van der Waals surface area contributed by atoms with Gasteiger partial charge in [-0.1, -0.05) is 0 Å². The zero-order valence-electron chi connectivity index (χ0n) is 7.28. The van der Waals surface area contributed by atoms with Crippen LogP contribution in [-0.4, -0.2) is 41.9 Å². The Morgan fingerprint density at radius 3 is 2.23 bits per heavy atom. The van der Waals surface area contributed by atoms with Gasteiger partial charge in [-0.15, -0.1) is 0 Å². The van der Waals surface area contributed by atoms with E-state index in [0.29, 0.717) is 0 Å². The number of hydrogen-bond acceptors (Lipinski definition) is 3. The van der Waals surface area contributed by atoms with Gasteiger partial charge in [-0.3, -0.25) is 0 Å². The van der Waals surface area contributed by atoms with E-state index in [-0.39, 0.29) is 16.0 Å². The summed E-state index contributed by atoms with van der Waals surface area (Å²) < 4.78 is 21.5. The number of nitrogens with zero attached hydrogens (tertiary/aromatic N) is 1. The van der Waals surface area contributed by atoms with E-state index in [1.165, 1.54) is 20.0 Å². The van der Waals surface area contributed by atoms with Crippen molar-refractivity contribution in [3.63, 3.8) is 0 Å². The van der Waals surface area contributed by atoms with Crippen LogP contribution in [0.5, 0.6) is 0 Å². The Bertz CT molecular complexity index is 372. The molecule has 0 aromatic carbocycles. The van der Waals surface area contributed by atoms with Crippen molar-refractivity contribution in [3.05, 3.63) is 11.0 Å². The normalized spacial score (nSPS) is 14.3. The average molecular weight is 214 g/mol. The summed E-state index contributed by atoms with van der Waals surface area (Å²) in [5.74, 6) is 0. The summed E-state index contributed by atoms with van der Waals surface area (Å²) in [6.07, 6.45) is 1.21. The first-order valence-electron chi connectivity index (χ1n) is 3.27. The van der Waals surface area contributed by atoms with Crippen LogP contribution in [0.2, 0.25) is 0 Å². The van der Waals surface area contributed by atoms with E-state index in [2.05, 4.69) is 4.99 Å². The third-order valence-electron chi connectivity index (χ3n) is 1.26. The Morgan fingerprint density at radius 1 is 1.54 bits per heavy atom. The number of aliphatic imine (C=N–C) groups is 1. The average Bonchev–Trinajstić information content (AvgIpc) is 1.96. The van der Waals surface area contributed by atoms with Gasteiger partial charge in [0.05, 0.1) is 0 Å². The molecule has 0 aliphatic rings. The van der Waals surface area contributed by atoms with Gasteiger partial charge in [-0.05, 0) is 0 Å². The molecular weight excluding hydrogens is 207 g/mol. The monoisotopic (exact) mass is 214 g/mol. The molecule has 0 amide bonds. The van der Waals surface area contributed by atoms with E-state index in [4.69, 9.17) is 26.0 Å². The molecule has 0 saturated heterocycles. The molecule has 0 unspecified atom stereocenters. The van der Waals surface area contributed by atoms with Crippen molar-refractivity contribution >= 4 is 46.1 Å². The van der Waals surface area contributed by atoms with Gasteiger partial charge in [0.2, 0.25) is 0 Å². The molecule has 0 saturated carbocycles. The number of halogens is 1. The minimum atomic E-state index is -3.71. The van der Waals surface area contributed by atoms with Crippen LogP contribution in [0.1, 0.15) is 6.92 Å². The van der Waals surface area contributed by atoms with Crippen LogP contribution >= 0.6 is 10.7 Å². The predicted molar refractivity (Wildman–Crippen MR) is 58.4 cm³/mol. The second-order valence-corrected chi connectivity index (χ2v) is 5.00. The minimum absolute atomic E-state index is 0.0526. The van der Waals surface area contributed by atoms with Gasteiger partial charge in [0.1, 0.15) is 0 Å². The molecule has 0 aromatic heterocycles. The first-order valence-corrected chi connectivity index (χ1v) is 5.58. The zero-order valence-corrected chi connectivity index (χ0v) is 8.85. The molecule has 0 spiro atoms. The molecule has 0 N–H and O–H groups in total. The second-order valence-electron chi connectivity index (χ2n) is 2.26. The summed E-state index contributed by atoms with van der Waals surface area (Å²) in [4.78, 5) is 3.62. The van der Waals surface area contributed by atoms with Crippen LogP contribution < -0.4 is 0 Å². The van der Waals surface area contributed by atoms with Crippen molar-refractivity contribution in [1.82, 2.24) is 0 Å². The molecule has 0 aliphatic heterocycles. The molecule has 13 heavy (non-hydrogen) atoms. The fourth-order valence-electron chi connectivity index (χ4n) is 0.540. The van der Waals surface area contributed by atoms with Crippen molar-refractivity contribution in [3.8, 4) is 0 Å². The molecule has 0 aromatic rings. The van der Waals surface area contributed by atoms with Gasteiger partial charge in [0, 0.05) is 0 Å². The molecule has 0 bridgehead atoms.